The van der Waals surface area contributed by atoms with Crippen molar-refractivity contribution in [2.75, 3.05) is 0 Å². The predicted octanol–water partition coefficient (Wildman–Crippen LogP) is 5.95. The average molecular weight is 595 g/mol. The minimum absolute atomic E-state index is 0.0178. The first kappa shape index (κ1) is 27.6. The monoisotopic (exact) mass is 594 g/mol. The van der Waals surface area contributed by atoms with Crippen LogP contribution in [0.15, 0.2) is 52.8 Å². The molecular formula is C32H32F2N2O5S. The topological polar surface area (TPSA) is 94.6 Å². The Kier molecular flexibility index (Phi) is 6.16. The number of furan rings is 1. The number of aliphatic hydroxyl groups excluding tert-OH is 1. The number of esters is 1. The van der Waals surface area contributed by atoms with Gasteiger partial charge in [0.2, 0.25) is 10.9 Å². The van der Waals surface area contributed by atoms with Crippen LogP contribution >= 0.6 is 12.6 Å². The highest BCUT2D eigenvalue weighted by Gasteiger charge is 2.70. The number of ether oxygens (including phenoxy) is 1. The van der Waals surface area contributed by atoms with Crippen LogP contribution in [0, 0.1) is 40.2 Å². The molecule has 42 heavy (non-hydrogen) atoms. The highest BCUT2D eigenvalue weighted by molar-refractivity contribution is 7.96. The van der Waals surface area contributed by atoms with E-state index in [1.807, 2.05) is 6.92 Å². The molecule has 3 fully saturated rings. The molecule has 0 saturated heterocycles. The van der Waals surface area contributed by atoms with E-state index in [2.05, 4.69) is 30.7 Å². The van der Waals surface area contributed by atoms with E-state index in [-0.39, 0.29) is 41.0 Å². The molecule has 7 rings (SSSR count). The van der Waals surface area contributed by atoms with Crippen LogP contribution in [0.5, 0.6) is 0 Å². The summed E-state index contributed by atoms with van der Waals surface area (Å²) in [5.41, 5.74) is 0.388. The number of carbonyl (C=O) groups is 2. The van der Waals surface area contributed by atoms with Crippen LogP contribution in [-0.2, 0) is 16.0 Å². The molecule has 0 aliphatic heterocycles. The molecule has 1 aromatic carbocycles. The van der Waals surface area contributed by atoms with Gasteiger partial charge in [-0.1, -0.05) is 19.4 Å². The summed E-state index contributed by atoms with van der Waals surface area (Å²) in [5, 5.41) is 15.9. The van der Waals surface area contributed by atoms with Gasteiger partial charge in [0.05, 0.1) is 24.3 Å². The number of aromatic nitrogens is 2. The smallest absolute Gasteiger partial charge is 0.375 e. The molecule has 7 atom stereocenters. The number of allylic oxidation sites excluding steroid dienone is 1. The van der Waals surface area contributed by atoms with Crippen LogP contribution in [0.25, 0.3) is 11.8 Å². The molecular weight excluding hydrogens is 562 g/mol. The van der Waals surface area contributed by atoms with Gasteiger partial charge >= 0.3 is 5.97 Å². The summed E-state index contributed by atoms with van der Waals surface area (Å²) in [6.45, 7) is 4.14. The average Bonchev–Trinajstić information content (AvgIpc) is 3.66. The van der Waals surface area contributed by atoms with Gasteiger partial charge < -0.3 is 14.3 Å². The number of benzene rings is 1. The van der Waals surface area contributed by atoms with Crippen molar-refractivity contribution in [2.24, 2.45) is 28.6 Å². The molecule has 4 aliphatic rings. The molecule has 0 amide bonds. The molecule has 3 aromatic rings. The first-order valence-electron chi connectivity index (χ1n) is 14.4. The molecule has 2 heterocycles. The van der Waals surface area contributed by atoms with Crippen LogP contribution in [0.3, 0.4) is 0 Å². The predicted molar refractivity (Wildman–Crippen MR) is 152 cm³/mol. The van der Waals surface area contributed by atoms with Crippen molar-refractivity contribution in [2.45, 2.75) is 64.1 Å². The third-order valence-electron chi connectivity index (χ3n) is 11.0. The summed E-state index contributed by atoms with van der Waals surface area (Å²) in [6.07, 6.45) is 7.87. The van der Waals surface area contributed by atoms with Gasteiger partial charge in [-0.25, -0.2) is 18.3 Å². The standard InChI is InChI=1S/C32H32F2N2O5S/c1-30-14-17-16-35-36(23-8-6-19(33)13-22(23)34)24(17)12-18(30)5-7-20-21-9-10-32(29(39)42,31(21,2)15-25(37)27(20)30)41-28(38)26-4-3-11-40-26/h3-4,6,8,11-13,16,20-21,25,27,37H,5,7,9-10,14-15H2,1-2H3,(H,39,42)/t20-,21?,25-,27?,30-,31-,32-/m0/s1. The first-order valence-corrected chi connectivity index (χ1v) is 14.8. The van der Waals surface area contributed by atoms with Crippen LogP contribution in [0.4, 0.5) is 8.78 Å². The number of halogens is 2. The fourth-order valence-corrected chi connectivity index (χ4v) is 9.60. The molecule has 2 unspecified atom stereocenters. The molecule has 0 radical (unpaired) electrons. The molecule has 220 valence electrons. The molecule has 10 heteroatoms. The number of aliphatic hydroxyl groups is 1. The minimum atomic E-state index is -1.48. The van der Waals surface area contributed by atoms with E-state index < -0.39 is 39.8 Å². The van der Waals surface area contributed by atoms with Gasteiger partial charge in [0.15, 0.2) is 11.4 Å². The minimum Gasteiger partial charge on any atom is -0.457 e. The molecule has 4 aliphatic carbocycles. The van der Waals surface area contributed by atoms with Gasteiger partial charge in [0, 0.05) is 11.5 Å². The van der Waals surface area contributed by atoms with E-state index >= 15 is 0 Å². The summed E-state index contributed by atoms with van der Waals surface area (Å²) < 4.78 is 41.0. The van der Waals surface area contributed by atoms with Gasteiger partial charge in [-0.2, -0.15) is 5.10 Å². The lowest BCUT2D eigenvalue weighted by molar-refractivity contribution is -0.174. The van der Waals surface area contributed by atoms with E-state index in [1.54, 1.807) is 12.3 Å². The van der Waals surface area contributed by atoms with Gasteiger partial charge in [-0.15, -0.1) is 12.6 Å². The molecule has 3 saturated carbocycles. The summed E-state index contributed by atoms with van der Waals surface area (Å²) in [7, 11) is 0. The number of nitrogens with zero attached hydrogens (tertiary/aromatic N) is 2. The molecule has 0 spiro atoms. The Hall–Kier alpha value is -3.24. The van der Waals surface area contributed by atoms with E-state index in [9.17, 15) is 23.5 Å². The lowest BCUT2D eigenvalue weighted by atomic mass is 9.45. The van der Waals surface area contributed by atoms with Crippen molar-refractivity contribution >= 4 is 29.8 Å². The number of carbonyl (C=O) groups excluding carboxylic acids is 2. The Balaban J connectivity index is 1.23. The van der Waals surface area contributed by atoms with E-state index in [0.717, 1.165) is 30.2 Å². The first-order chi connectivity index (χ1) is 20.0. The van der Waals surface area contributed by atoms with Crippen LogP contribution < -0.4 is 0 Å². The van der Waals surface area contributed by atoms with Crippen molar-refractivity contribution in [3.05, 3.63) is 77.0 Å². The highest BCUT2D eigenvalue weighted by Crippen LogP contribution is 2.68. The quantitative estimate of drug-likeness (QED) is 0.287. The summed E-state index contributed by atoms with van der Waals surface area (Å²) in [5.74, 6) is -2.01. The van der Waals surface area contributed by atoms with E-state index in [4.69, 9.17) is 9.15 Å². The Morgan fingerprint density at radius 1 is 1.21 bits per heavy atom. The molecule has 2 aromatic heterocycles. The fourth-order valence-electron chi connectivity index (χ4n) is 9.18. The Bertz CT molecular complexity index is 1640. The lowest BCUT2D eigenvalue weighted by Gasteiger charge is -2.60. The molecule has 0 bridgehead atoms. The van der Waals surface area contributed by atoms with Crippen molar-refractivity contribution in [3.8, 4) is 5.69 Å². The maximum Gasteiger partial charge on any atom is 0.375 e. The van der Waals surface area contributed by atoms with Gasteiger partial charge in [-0.3, -0.25) is 4.79 Å². The van der Waals surface area contributed by atoms with Crippen LogP contribution in [-0.4, -0.2) is 37.7 Å². The number of hydrogen-bond donors (Lipinski definition) is 2. The van der Waals surface area contributed by atoms with E-state index in [0.29, 0.717) is 19.3 Å². The summed E-state index contributed by atoms with van der Waals surface area (Å²) >= 11 is 4.24. The maximum atomic E-state index is 14.7. The van der Waals surface area contributed by atoms with Crippen molar-refractivity contribution in [1.82, 2.24) is 9.78 Å². The van der Waals surface area contributed by atoms with Crippen LogP contribution in [0.2, 0.25) is 0 Å². The second-order valence-corrected chi connectivity index (χ2v) is 13.3. The number of rotatable bonds is 4. The maximum absolute atomic E-state index is 14.7. The van der Waals surface area contributed by atoms with Crippen molar-refractivity contribution in [3.63, 3.8) is 0 Å². The van der Waals surface area contributed by atoms with Crippen molar-refractivity contribution in [1.29, 1.82) is 0 Å². The normalized spacial score (nSPS) is 35.0. The summed E-state index contributed by atoms with van der Waals surface area (Å²) in [6, 6.07) is 6.55. The number of fused-ring (bicyclic) bond motifs is 6. The van der Waals surface area contributed by atoms with Gasteiger partial charge in [-0.05, 0) is 97.6 Å². The zero-order chi connectivity index (χ0) is 29.6. The molecule has 1 N–H and O–H groups in total. The third-order valence-corrected chi connectivity index (χ3v) is 11.4. The van der Waals surface area contributed by atoms with Crippen LogP contribution in [0.1, 0.15) is 67.8 Å². The van der Waals surface area contributed by atoms with Crippen molar-refractivity contribution < 1.29 is 32.6 Å². The SMILES string of the molecule is C[C@]12Cc3cnn(-c4ccc(F)cc4F)c3C=C1CC[C@@H]1C2[C@@H](O)C[C@@]2(C)C1CC[C@]2(OC(=O)c1ccco1)C(=O)S. The Morgan fingerprint density at radius 2 is 2.02 bits per heavy atom. The zero-order valence-electron chi connectivity index (χ0n) is 23.3. The van der Waals surface area contributed by atoms with Gasteiger partial charge in [0.1, 0.15) is 11.5 Å². The third kappa shape index (κ3) is 3.70. The summed E-state index contributed by atoms with van der Waals surface area (Å²) in [4.78, 5) is 26.2. The van der Waals surface area contributed by atoms with Gasteiger partial charge in [0.25, 0.3) is 0 Å². The zero-order valence-corrected chi connectivity index (χ0v) is 24.2. The Labute approximate surface area is 247 Å². The fraction of sp³-hybridized carbons (Fsp3) is 0.469. The second kappa shape index (κ2) is 9.38. The lowest BCUT2D eigenvalue weighted by Crippen LogP contribution is -2.62. The highest BCUT2D eigenvalue weighted by atomic mass is 32.1. The largest absolute Gasteiger partial charge is 0.457 e. The second-order valence-electron chi connectivity index (χ2n) is 12.9. The van der Waals surface area contributed by atoms with E-state index in [1.165, 1.54) is 34.7 Å². The number of hydrogen-bond acceptors (Lipinski definition) is 6. The molecule has 7 nitrogen and oxygen atoms in total. The Morgan fingerprint density at radius 3 is 2.74 bits per heavy atom. The number of thiol groups is 1.